The summed E-state index contributed by atoms with van der Waals surface area (Å²) in [5, 5.41) is -0.396. The summed E-state index contributed by atoms with van der Waals surface area (Å²) in [4.78, 5) is 0. The number of hydrogen-bond acceptors (Lipinski definition) is 2. The zero-order chi connectivity index (χ0) is 13.0. The van der Waals surface area contributed by atoms with E-state index in [2.05, 4.69) is 27.3 Å². The van der Waals surface area contributed by atoms with Crippen molar-refractivity contribution in [3.05, 3.63) is 35.9 Å². The summed E-state index contributed by atoms with van der Waals surface area (Å²) in [6.07, 6.45) is 3.09. The van der Waals surface area contributed by atoms with E-state index in [1.54, 1.807) is 0 Å². The molecule has 18 heavy (non-hydrogen) atoms. The lowest BCUT2D eigenvalue weighted by atomic mass is 9.42. The fourth-order valence-corrected chi connectivity index (χ4v) is 7.56. The maximum absolute atomic E-state index is 12.4. The average Bonchev–Trinajstić information content (AvgIpc) is 2.27. The second-order valence-electron chi connectivity index (χ2n) is 5.58. The van der Waals surface area contributed by atoms with E-state index in [1.165, 1.54) is 7.05 Å². The molecular weight excluding hydrogens is 361 g/mol. The van der Waals surface area contributed by atoms with E-state index >= 15 is 0 Å². The molecule has 1 atom stereocenters. The molecule has 3 aliphatic rings. The fraction of sp³-hybridized carbons (Fsp3) is 0.538. The molecule has 3 nitrogen and oxygen atoms in total. The van der Waals surface area contributed by atoms with Crippen molar-refractivity contribution in [3.63, 3.8) is 0 Å². The van der Waals surface area contributed by atoms with Crippen LogP contribution in [0.4, 0.5) is 0 Å². The van der Waals surface area contributed by atoms with Crippen molar-refractivity contribution in [1.29, 1.82) is 0 Å². The number of nitrogens with one attached hydrogen (secondary N) is 1. The van der Waals surface area contributed by atoms with E-state index in [0.717, 1.165) is 24.8 Å². The topological polar surface area (TPSA) is 46.2 Å². The summed E-state index contributed by atoms with van der Waals surface area (Å²) < 4.78 is 27.6. The van der Waals surface area contributed by atoms with Crippen LogP contribution in [-0.2, 0) is 10.0 Å². The first-order chi connectivity index (χ1) is 8.41. The number of rotatable bonds is 4. The molecule has 0 aromatic heterocycles. The Morgan fingerprint density at radius 2 is 1.78 bits per heavy atom. The van der Waals surface area contributed by atoms with Gasteiger partial charge in [-0.15, -0.1) is 0 Å². The van der Waals surface area contributed by atoms with Crippen molar-refractivity contribution in [2.24, 2.45) is 5.41 Å². The molecule has 3 aliphatic carbocycles. The molecule has 0 heterocycles. The molecule has 3 fully saturated rings. The third-order valence-electron chi connectivity index (χ3n) is 4.26. The minimum atomic E-state index is -3.27. The summed E-state index contributed by atoms with van der Waals surface area (Å²) in [5.41, 5.74) is 0.898. The molecule has 0 saturated heterocycles. The lowest BCUT2D eigenvalue weighted by molar-refractivity contribution is -0.0666. The predicted octanol–water partition coefficient (Wildman–Crippen LogP) is 2.63. The van der Waals surface area contributed by atoms with Crippen LogP contribution in [0.5, 0.6) is 0 Å². The molecule has 0 spiro atoms. The van der Waals surface area contributed by atoms with Gasteiger partial charge in [0.15, 0.2) is 0 Å². The van der Waals surface area contributed by atoms with Crippen molar-refractivity contribution in [3.8, 4) is 0 Å². The standard InChI is InChI=1S/C13H16INO2S/c1-15-18(16,17)11(10-5-3-2-4-6-10)12-7-13(14,8-12)9-12/h2-6,11,15H,7-9H2,1H3. The van der Waals surface area contributed by atoms with Crippen LogP contribution in [0, 0.1) is 5.41 Å². The quantitative estimate of drug-likeness (QED) is 0.648. The molecule has 0 aliphatic heterocycles. The van der Waals surface area contributed by atoms with Crippen LogP contribution < -0.4 is 4.72 Å². The maximum atomic E-state index is 12.4. The largest absolute Gasteiger partial charge is 0.218 e. The van der Waals surface area contributed by atoms with Gasteiger partial charge in [-0.05, 0) is 37.3 Å². The first kappa shape index (κ1) is 12.9. The van der Waals surface area contributed by atoms with E-state index in [4.69, 9.17) is 0 Å². The van der Waals surface area contributed by atoms with Gasteiger partial charge in [-0.2, -0.15) is 0 Å². The van der Waals surface area contributed by atoms with Crippen LogP contribution in [-0.4, -0.2) is 18.9 Å². The summed E-state index contributed by atoms with van der Waals surface area (Å²) in [7, 11) is -1.76. The number of alkyl halides is 1. The van der Waals surface area contributed by atoms with E-state index < -0.39 is 15.3 Å². The molecule has 5 heteroatoms. The first-order valence-corrected chi connectivity index (χ1v) is 8.70. The third kappa shape index (κ3) is 1.74. The monoisotopic (exact) mass is 377 g/mol. The van der Waals surface area contributed by atoms with Crippen molar-refractivity contribution in [2.75, 3.05) is 7.05 Å². The van der Waals surface area contributed by atoms with Gasteiger partial charge in [0.1, 0.15) is 5.25 Å². The Kier molecular flexibility index (Phi) is 2.81. The Hall–Kier alpha value is -0.140. The highest BCUT2D eigenvalue weighted by Crippen LogP contribution is 2.77. The Balaban J connectivity index is 2.01. The number of sulfonamides is 1. The molecule has 1 unspecified atom stereocenters. The van der Waals surface area contributed by atoms with E-state index in [9.17, 15) is 8.42 Å². The summed E-state index contributed by atoms with van der Waals surface area (Å²) in [6, 6.07) is 9.62. The predicted molar refractivity (Wildman–Crippen MR) is 80.2 cm³/mol. The van der Waals surface area contributed by atoms with Gasteiger partial charge in [-0.1, -0.05) is 52.9 Å². The van der Waals surface area contributed by atoms with Crippen LogP contribution in [0.25, 0.3) is 0 Å². The zero-order valence-corrected chi connectivity index (χ0v) is 13.2. The van der Waals surface area contributed by atoms with Crippen molar-refractivity contribution < 1.29 is 8.42 Å². The van der Waals surface area contributed by atoms with Crippen molar-refractivity contribution in [1.82, 2.24) is 4.72 Å². The van der Waals surface area contributed by atoms with Crippen LogP contribution in [0.3, 0.4) is 0 Å². The Labute approximate surface area is 122 Å². The number of hydrogen-bond donors (Lipinski definition) is 1. The second kappa shape index (κ2) is 3.93. The lowest BCUT2D eigenvalue weighted by Crippen LogP contribution is -2.67. The van der Waals surface area contributed by atoms with Gasteiger partial charge in [0.05, 0.1) is 0 Å². The maximum Gasteiger partial charge on any atom is 0.218 e. The van der Waals surface area contributed by atoms with E-state index in [1.807, 2.05) is 30.3 Å². The molecule has 0 radical (unpaired) electrons. The highest BCUT2D eigenvalue weighted by molar-refractivity contribution is 14.1. The van der Waals surface area contributed by atoms with Crippen LogP contribution in [0.15, 0.2) is 30.3 Å². The van der Waals surface area contributed by atoms with Crippen LogP contribution >= 0.6 is 22.6 Å². The fourth-order valence-electron chi connectivity index (χ4n) is 3.62. The molecule has 98 valence electrons. The summed E-state index contributed by atoms with van der Waals surface area (Å²) in [6.45, 7) is 0. The van der Waals surface area contributed by atoms with Gasteiger partial charge in [-0.25, -0.2) is 13.1 Å². The van der Waals surface area contributed by atoms with Crippen LogP contribution in [0.1, 0.15) is 30.1 Å². The SMILES string of the molecule is CNS(=O)(=O)C(c1ccccc1)C12CC(I)(C1)C2. The molecule has 2 bridgehead atoms. The van der Waals surface area contributed by atoms with Crippen molar-refractivity contribution >= 4 is 32.6 Å². The normalized spacial score (nSPS) is 35.4. The molecule has 1 N–H and O–H groups in total. The Bertz CT molecular complexity index is 550. The minimum Gasteiger partial charge on any atom is -0.218 e. The van der Waals surface area contributed by atoms with Gasteiger partial charge in [-0.3, -0.25) is 0 Å². The third-order valence-corrected chi connectivity index (χ3v) is 7.37. The second-order valence-corrected chi connectivity index (χ2v) is 9.84. The number of benzene rings is 1. The highest BCUT2D eigenvalue weighted by atomic mass is 127. The van der Waals surface area contributed by atoms with Gasteiger partial charge in [0, 0.05) is 3.42 Å². The highest BCUT2D eigenvalue weighted by Gasteiger charge is 2.71. The molecule has 3 saturated carbocycles. The number of halogens is 1. The zero-order valence-electron chi connectivity index (χ0n) is 10.2. The summed E-state index contributed by atoms with van der Waals surface area (Å²) in [5.74, 6) is 0. The molecule has 4 rings (SSSR count). The van der Waals surface area contributed by atoms with Gasteiger partial charge < -0.3 is 0 Å². The first-order valence-electron chi connectivity index (χ1n) is 6.07. The Morgan fingerprint density at radius 3 is 2.22 bits per heavy atom. The van der Waals surface area contributed by atoms with Crippen LogP contribution in [0.2, 0.25) is 0 Å². The summed E-state index contributed by atoms with van der Waals surface area (Å²) >= 11 is 2.48. The van der Waals surface area contributed by atoms with E-state index in [0.29, 0.717) is 3.42 Å². The molecule has 0 amide bonds. The smallest absolute Gasteiger partial charge is 0.218 e. The Morgan fingerprint density at radius 1 is 1.22 bits per heavy atom. The minimum absolute atomic E-state index is 0.0234. The molecule has 1 aromatic carbocycles. The van der Waals surface area contributed by atoms with Crippen molar-refractivity contribution in [2.45, 2.75) is 27.9 Å². The molecular formula is C13H16INO2S. The van der Waals surface area contributed by atoms with E-state index in [-0.39, 0.29) is 5.41 Å². The van der Waals surface area contributed by atoms with Gasteiger partial charge >= 0.3 is 0 Å². The lowest BCUT2D eigenvalue weighted by Gasteiger charge is -2.70. The van der Waals surface area contributed by atoms with Gasteiger partial charge in [0.25, 0.3) is 0 Å². The van der Waals surface area contributed by atoms with Gasteiger partial charge in [0.2, 0.25) is 10.0 Å². The molecule has 1 aromatic rings. The average molecular weight is 377 g/mol.